The molecule has 4 rings (SSSR count). The Bertz CT molecular complexity index is 980. The lowest BCUT2D eigenvalue weighted by molar-refractivity contribution is -0.192. The van der Waals surface area contributed by atoms with Gasteiger partial charge in [0.15, 0.2) is 0 Å². The van der Waals surface area contributed by atoms with Gasteiger partial charge in [-0.25, -0.2) is 14.8 Å². The summed E-state index contributed by atoms with van der Waals surface area (Å²) >= 11 is 0. The standard InChI is InChI=1S/C19H21N5O2.C2HF3O2/c25-17-10-19(13-24(17)12-15-2-1-6-20-11-15)4-8-23(9-5-19)18(26)16-3-7-21-14-22-16;3-2(4,5)1(6)7/h1-3,6-7,11,14H,4-5,8-10,12-13H2;(H,6,7). The van der Waals surface area contributed by atoms with Crippen molar-refractivity contribution in [1.82, 2.24) is 24.8 Å². The number of halogens is 3. The lowest BCUT2D eigenvalue weighted by atomic mass is 9.77. The number of carboxylic acid groups (broad SMARTS) is 1. The molecular weight excluding hydrogens is 443 g/mol. The van der Waals surface area contributed by atoms with Crippen molar-refractivity contribution in [3.05, 3.63) is 54.4 Å². The van der Waals surface area contributed by atoms with Crippen molar-refractivity contribution in [1.29, 1.82) is 0 Å². The Morgan fingerprint density at radius 1 is 1.12 bits per heavy atom. The van der Waals surface area contributed by atoms with Gasteiger partial charge in [-0.3, -0.25) is 14.6 Å². The number of alkyl halides is 3. The number of likely N-dealkylation sites (tertiary alicyclic amines) is 2. The maximum absolute atomic E-state index is 12.5. The molecule has 2 fully saturated rings. The highest BCUT2D eigenvalue weighted by Gasteiger charge is 2.45. The number of carbonyl (C=O) groups is 3. The number of aromatic nitrogens is 3. The van der Waals surface area contributed by atoms with Crippen LogP contribution in [0.1, 0.15) is 35.3 Å². The molecule has 4 heterocycles. The molecule has 2 amide bonds. The summed E-state index contributed by atoms with van der Waals surface area (Å²) < 4.78 is 31.7. The largest absolute Gasteiger partial charge is 0.490 e. The first-order valence-electron chi connectivity index (χ1n) is 10.1. The molecule has 2 saturated heterocycles. The van der Waals surface area contributed by atoms with Gasteiger partial charge in [-0.1, -0.05) is 6.07 Å². The summed E-state index contributed by atoms with van der Waals surface area (Å²) in [6, 6.07) is 5.53. The number of carbonyl (C=O) groups excluding carboxylic acids is 2. The third-order valence-corrected chi connectivity index (χ3v) is 5.66. The van der Waals surface area contributed by atoms with Crippen LogP contribution in [0.2, 0.25) is 0 Å². The number of aliphatic carboxylic acids is 1. The van der Waals surface area contributed by atoms with E-state index in [9.17, 15) is 22.8 Å². The van der Waals surface area contributed by atoms with E-state index in [1.807, 2.05) is 21.9 Å². The number of piperidine rings is 1. The smallest absolute Gasteiger partial charge is 0.475 e. The van der Waals surface area contributed by atoms with Gasteiger partial charge in [0, 0.05) is 56.6 Å². The van der Waals surface area contributed by atoms with Gasteiger partial charge in [0.05, 0.1) is 0 Å². The van der Waals surface area contributed by atoms with Crippen LogP contribution in [0, 0.1) is 5.41 Å². The molecule has 0 radical (unpaired) electrons. The van der Waals surface area contributed by atoms with Crippen molar-refractivity contribution in [3.8, 4) is 0 Å². The Morgan fingerprint density at radius 3 is 2.36 bits per heavy atom. The second-order valence-corrected chi connectivity index (χ2v) is 7.98. The van der Waals surface area contributed by atoms with Crippen LogP contribution in [-0.4, -0.2) is 73.5 Å². The number of hydrogen-bond donors (Lipinski definition) is 1. The number of nitrogens with zero attached hydrogens (tertiary/aromatic N) is 5. The lowest BCUT2D eigenvalue weighted by Crippen LogP contribution is -2.44. The van der Waals surface area contributed by atoms with Gasteiger partial charge in [-0.15, -0.1) is 0 Å². The first-order valence-corrected chi connectivity index (χ1v) is 10.1. The summed E-state index contributed by atoms with van der Waals surface area (Å²) in [7, 11) is 0. The Kier molecular flexibility index (Phi) is 7.24. The van der Waals surface area contributed by atoms with E-state index in [2.05, 4.69) is 15.0 Å². The molecular formula is C21H22F3N5O4. The van der Waals surface area contributed by atoms with E-state index in [0.29, 0.717) is 31.7 Å². The van der Waals surface area contributed by atoms with E-state index in [1.165, 1.54) is 6.33 Å². The fourth-order valence-electron chi connectivity index (χ4n) is 3.94. The third kappa shape index (κ3) is 6.24. The zero-order valence-corrected chi connectivity index (χ0v) is 17.5. The van der Waals surface area contributed by atoms with Crippen molar-refractivity contribution in [2.24, 2.45) is 5.41 Å². The molecule has 1 spiro atoms. The maximum Gasteiger partial charge on any atom is 0.490 e. The van der Waals surface area contributed by atoms with Crippen molar-refractivity contribution < 1.29 is 32.7 Å². The highest BCUT2D eigenvalue weighted by atomic mass is 19.4. The molecule has 0 bridgehead atoms. The zero-order chi connectivity index (χ0) is 24.1. The molecule has 2 aromatic rings. The molecule has 9 nitrogen and oxygen atoms in total. The lowest BCUT2D eigenvalue weighted by Gasteiger charge is -2.38. The number of rotatable bonds is 3. The van der Waals surface area contributed by atoms with Crippen molar-refractivity contribution in [3.63, 3.8) is 0 Å². The van der Waals surface area contributed by atoms with E-state index < -0.39 is 12.1 Å². The minimum Gasteiger partial charge on any atom is -0.475 e. The molecule has 176 valence electrons. The summed E-state index contributed by atoms with van der Waals surface area (Å²) in [6.45, 7) is 2.70. The van der Waals surface area contributed by atoms with E-state index in [4.69, 9.17) is 9.90 Å². The molecule has 0 saturated carbocycles. The fourth-order valence-corrected chi connectivity index (χ4v) is 3.94. The number of hydrogen-bond acceptors (Lipinski definition) is 6. The van der Waals surface area contributed by atoms with Crippen LogP contribution in [-0.2, 0) is 16.1 Å². The monoisotopic (exact) mass is 465 g/mol. The fraction of sp³-hybridized carbons (Fsp3) is 0.429. The Morgan fingerprint density at radius 2 is 1.82 bits per heavy atom. The van der Waals surface area contributed by atoms with Crippen LogP contribution in [0.4, 0.5) is 13.2 Å². The number of carboxylic acids is 1. The Labute approximate surface area is 187 Å². The van der Waals surface area contributed by atoms with E-state index >= 15 is 0 Å². The zero-order valence-electron chi connectivity index (χ0n) is 17.5. The van der Waals surface area contributed by atoms with Gasteiger partial charge < -0.3 is 14.9 Å². The van der Waals surface area contributed by atoms with E-state index in [-0.39, 0.29) is 17.2 Å². The summed E-state index contributed by atoms with van der Waals surface area (Å²) in [4.78, 5) is 49.7. The Balaban J connectivity index is 0.000000383. The van der Waals surface area contributed by atoms with Gasteiger partial charge in [-0.2, -0.15) is 13.2 Å². The normalized spacial score (nSPS) is 17.5. The van der Waals surface area contributed by atoms with Gasteiger partial charge >= 0.3 is 12.1 Å². The predicted octanol–water partition coefficient (Wildman–Crippen LogP) is 2.16. The van der Waals surface area contributed by atoms with Crippen molar-refractivity contribution in [2.75, 3.05) is 19.6 Å². The second kappa shape index (κ2) is 9.92. The maximum atomic E-state index is 12.5. The quantitative estimate of drug-likeness (QED) is 0.738. The third-order valence-electron chi connectivity index (χ3n) is 5.66. The van der Waals surface area contributed by atoms with Gasteiger partial charge in [0.25, 0.3) is 5.91 Å². The highest BCUT2D eigenvalue weighted by Crippen LogP contribution is 2.41. The molecule has 0 aromatic carbocycles. The average Bonchev–Trinajstić information content (AvgIpc) is 3.09. The summed E-state index contributed by atoms with van der Waals surface area (Å²) in [5.74, 6) is -2.62. The van der Waals surface area contributed by atoms with Crippen LogP contribution in [0.15, 0.2) is 43.1 Å². The van der Waals surface area contributed by atoms with E-state index in [0.717, 1.165) is 24.9 Å². The van der Waals surface area contributed by atoms with Crippen molar-refractivity contribution >= 4 is 17.8 Å². The molecule has 12 heteroatoms. The molecule has 2 aliphatic rings. The minimum absolute atomic E-state index is 0.0122. The topological polar surface area (TPSA) is 117 Å². The van der Waals surface area contributed by atoms with Gasteiger partial charge in [-0.05, 0) is 30.5 Å². The minimum atomic E-state index is -5.08. The second-order valence-electron chi connectivity index (χ2n) is 7.98. The molecule has 0 unspecified atom stereocenters. The van der Waals surface area contributed by atoms with Gasteiger partial charge in [0.2, 0.25) is 5.91 Å². The molecule has 0 aliphatic carbocycles. The summed E-state index contributed by atoms with van der Waals surface area (Å²) in [5, 5.41) is 7.12. The van der Waals surface area contributed by atoms with Crippen LogP contribution in [0.25, 0.3) is 0 Å². The first-order chi connectivity index (χ1) is 15.6. The van der Waals surface area contributed by atoms with Gasteiger partial charge in [0.1, 0.15) is 12.0 Å². The van der Waals surface area contributed by atoms with Crippen molar-refractivity contribution in [2.45, 2.75) is 32.0 Å². The first kappa shape index (κ1) is 24.1. The molecule has 1 N–H and O–H groups in total. The molecule has 2 aromatic heterocycles. The van der Waals surface area contributed by atoms with E-state index in [1.54, 1.807) is 24.7 Å². The molecule has 33 heavy (non-hydrogen) atoms. The highest BCUT2D eigenvalue weighted by molar-refractivity contribution is 5.92. The number of pyridine rings is 1. The summed E-state index contributed by atoms with van der Waals surface area (Å²) in [6.07, 6.45) is 3.70. The Hall–Kier alpha value is -3.57. The van der Waals surface area contributed by atoms with Crippen LogP contribution in [0.5, 0.6) is 0 Å². The molecule has 0 atom stereocenters. The SMILES string of the molecule is O=C(O)C(F)(F)F.O=C1CC2(CCN(C(=O)c3ccncn3)CC2)CN1Cc1cccnc1. The van der Waals surface area contributed by atoms with Crippen LogP contribution < -0.4 is 0 Å². The predicted molar refractivity (Wildman–Crippen MR) is 108 cm³/mol. The summed E-state index contributed by atoms with van der Waals surface area (Å²) in [5.41, 5.74) is 1.47. The van der Waals surface area contributed by atoms with Crippen LogP contribution >= 0.6 is 0 Å². The average molecular weight is 465 g/mol. The number of amides is 2. The molecule has 2 aliphatic heterocycles. The van der Waals surface area contributed by atoms with Crippen LogP contribution in [0.3, 0.4) is 0 Å².